The molecule has 25 heavy (non-hydrogen) atoms. The second kappa shape index (κ2) is 5.78. The van der Waals surface area contributed by atoms with Crippen LogP contribution in [0.5, 0.6) is 5.75 Å². The van der Waals surface area contributed by atoms with Crippen LogP contribution in [-0.2, 0) is 7.05 Å². The topological polar surface area (TPSA) is 108 Å². The van der Waals surface area contributed by atoms with E-state index in [1.807, 2.05) is 25.4 Å². The van der Waals surface area contributed by atoms with Gasteiger partial charge in [0.2, 0.25) is 5.95 Å². The molecule has 1 aromatic carbocycles. The number of methoxy groups -OCH3 is 1. The van der Waals surface area contributed by atoms with Crippen LogP contribution in [0.4, 0.5) is 17.3 Å². The molecule has 0 fully saturated rings. The molecule has 3 aromatic heterocycles. The van der Waals surface area contributed by atoms with Crippen LogP contribution in [0, 0.1) is 0 Å². The number of anilines is 3. The number of hydrogen-bond donors (Lipinski definition) is 2. The Morgan fingerprint density at radius 1 is 1.16 bits per heavy atom. The maximum absolute atomic E-state index is 5.84. The minimum absolute atomic E-state index is 0.442. The van der Waals surface area contributed by atoms with Crippen molar-refractivity contribution < 1.29 is 4.74 Å². The van der Waals surface area contributed by atoms with E-state index in [-0.39, 0.29) is 0 Å². The predicted molar refractivity (Wildman–Crippen MR) is 93.7 cm³/mol. The number of fused-ring (bicyclic) bond motifs is 1. The van der Waals surface area contributed by atoms with Crippen molar-refractivity contribution in [3.8, 4) is 17.1 Å². The minimum atomic E-state index is 0.442. The lowest BCUT2D eigenvalue weighted by Crippen LogP contribution is -1.98. The fraction of sp³-hybridized carbons (Fsp3) is 0.125. The van der Waals surface area contributed by atoms with Gasteiger partial charge in [-0.1, -0.05) is 0 Å². The van der Waals surface area contributed by atoms with Gasteiger partial charge in [0.1, 0.15) is 17.1 Å². The molecule has 0 aliphatic carbocycles. The molecule has 0 spiro atoms. The normalized spacial score (nSPS) is 11.0. The molecule has 9 nitrogen and oxygen atoms in total. The third-order valence-corrected chi connectivity index (χ3v) is 3.71. The highest BCUT2D eigenvalue weighted by molar-refractivity contribution is 5.65. The molecule has 0 saturated heterocycles. The van der Waals surface area contributed by atoms with Gasteiger partial charge in [-0.2, -0.15) is 10.1 Å². The Balaban J connectivity index is 1.72. The van der Waals surface area contributed by atoms with Crippen LogP contribution in [-0.4, -0.2) is 36.5 Å². The third kappa shape index (κ3) is 2.71. The Labute approximate surface area is 143 Å². The van der Waals surface area contributed by atoms with Gasteiger partial charge in [-0.25, -0.2) is 4.52 Å². The van der Waals surface area contributed by atoms with Gasteiger partial charge in [-0.05, 0) is 18.2 Å². The van der Waals surface area contributed by atoms with Crippen LogP contribution in [0.3, 0.4) is 0 Å². The summed E-state index contributed by atoms with van der Waals surface area (Å²) in [5, 5.41) is 12.0. The largest absolute Gasteiger partial charge is 0.495 e. The van der Waals surface area contributed by atoms with E-state index in [1.54, 1.807) is 40.8 Å². The number of nitrogens with one attached hydrogen (secondary N) is 1. The maximum atomic E-state index is 5.84. The molecule has 0 saturated carbocycles. The van der Waals surface area contributed by atoms with E-state index < -0.39 is 0 Å². The molecule has 126 valence electrons. The van der Waals surface area contributed by atoms with Gasteiger partial charge in [0.15, 0.2) is 5.65 Å². The lowest BCUT2D eigenvalue weighted by molar-refractivity contribution is 0.417. The van der Waals surface area contributed by atoms with Crippen molar-refractivity contribution in [2.45, 2.75) is 0 Å². The molecule has 0 radical (unpaired) electrons. The van der Waals surface area contributed by atoms with Gasteiger partial charge >= 0.3 is 0 Å². The number of nitrogens with two attached hydrogens (primary N) is 1. The fourth-order valence-electron chi connectivity index (χ4n) is 2.51. The number of benzene rings is 1. The van der Waals surface area contributed by atoms with E-state index in [1.165, 1.54) is 0 Å². The molecule has 0 aliphatic heterocycles. The van der Waals surface area contributed by atoms with Crippen molar-refractivity contribution in [2.75, 3.05) is 18.2 Å². The number of hydrogen-bond acceptors (Lipinski definition) is 7. The van der Waals surface area contributed by atoms with Crippen molar-refractivity contribution in [1.82, 2.24) is 29.4 Å². The van der Waals surface area contributed by atoms with Crippen LogP contribution < -0.4 is 15.8 Å². The zero-order valence-electron chi connectivity index (χ0n) is 13.7. The average molecular weight is 336 g/mol. The van der Waals surface area contributed by atoms with E-state index >= 15 is 0 Å². The van der Waals surface area contributed by atoms with Crippen molar-refractivity contribution in [1.29, 1.82) is 0 Å². The van der Waals surface area contributed by atoms with Crippen LogP contribution in [0.25, 0.3) is 17.0 Å². The van der Waals surface area contributed by atoms with Crippen LogP contribution in [0.1, 0.15) is 0 Å². The Morgan fingerprint density at radius 2 is 2.04 bits per heavy atom. The summed E-state index contributed by atoms with van der Waals surface area (Å²) in [7, 11) is 3.43. The quantitative estimate of drug-likeness (QED) is 0.548. The first kappa shape index (κ1) is 14.9. The highest BCUT2D eigenvalue weighted by atomic mass is 16.5. The first-order valence-corrected chi connectivity index (χ1v) is 7.55. The summed E-state index contributed by atoms with van der Waals surface area (Å²) in [5.74, 6) is 1.03. The van der Waals surface area contributed by atoms with E-state index in [0.717, 1.165) is 17.1 Å². The monoisotopic (exact) mass is 336 g/mol. The Hall–Kier alpha value is -3.62. The summed E-state index contributed by atoms with van der Waals surface area (Å²) in [4.78, 5) is 8.67. The third-order valence-electron chi connectivity index (χ3n) is 3.71. The van der Waals surface area contributed by atoms with Crippen molar-refractivity contribution >= 4 is 23.0 Å². The number of aromatic nitrogens is 6. The molecule has 4 aromatic rings. The summed E-state index contributed by atoms with van der Waals surface area (Å²) in [6, 6.07) is 7.29. The van der Waals surface area contributed by atoms with Crippen molar-refractivity contribution in [3.63, 3.8) is 0 Å². The van der Waals surface area contributed by atoms with Crippen molar-refractivity contribution in [2.24, 2.45) is 7.05 Å². The number of nitrogen functional groups attached to an aromatic ring is 1. The van der Waals surface area contributed by atoms with E-state index in [0.29, 0.717) is 23.0 Å². The Morgan fingerprint density at radius 3 is 2.80 bits per heavy atom. The second-order valence-corrected chi connectivity index (χ2v) is 5.45. The number of ether oxygens (including phenoxy) is 1. The van der Waals surface area contributed by atoms with E-state index in [4.69, 9.17) is 10.5 Å². The molecule has 3 N–H and O–H groups in total. The molecule has 4 rings (SSSR count). The maximum Gasteiger partial charge on any atom is 0.247 e. The number of nitrogens with zero attached hydrogens (tertiary/aromatic N) is 6. The minimum Gasteiger partial charge on any atom is -0.495 e. The molecule has 0 bridgehead atoms. The highest BCUT2D eigenvalue weighted by Gasteiger charge is 2.12. The molecule has 3 heterocycles. The summed E-state index contributed by atoms with van der Waals surface area (Å²) in [6.45, 7) is 0. The van der Waals surface area contributed by atoms with Crippen molar-refractivity contribution in [3.05, 3.63) is 42.9 Å². The molecular weight excluding hydrogens is 320 g/mol. The lowest BCUT2D eigenvalue weighted by Gasteiger charge is -2.07. The van der Waals surface area contributed by atoms with E-state index in [2.05, 4.69) is 25.5 Å². The summed E-state index contributed by atoms with van der Waals surface area (Å²) >= 11 is 0. The molecule has 0 unspecified atom stereocenters. The van der Waals surface area contributed by atoms with Gasteiger partial charge in [-0.3, -0.25) is 9.67 Å². The first-order valence-electron chi connectivity index (χ1n) is 7.55. The van der Waals surface area contributed by atoms with E-state index in [9.17, 15) is 0 Å². The van der Waals surface area contributed by atoms with Crippen LogP contribution >= 0.6 is 0 Å². The first-order chi connectivity index (χ1) is 12.1. The Kier molecular flexibility index (Phi) is 3.46. The summed E-state index contributed by atoms with van der Waals surface area (Å²) < 4.78 is 8.66. The molecule has 0 aliphatic rings. The van der Waals surface area contributed by atoms with Gasteiger partial charge in [0.25, 0.3) is 0 Å². The standard InChI is InChI=1S/C16H16N8O/c1-23-6-5-12(21-23)13-8-18-9-15-20-16(22-24(13)15)19-10-3-4-11(17)14(7-10)25-2/h3-9H,17H2,1-2H3,(H,19,22). The zero-order chi connectivity index (χ0) is 17.4. The highest BCUT2D eigenvalue weighted by Crippen LogP contribution is 2.26. The van der Waals surface area contributed by atoms with Gasteiger partial charge < -0.3 is 15.8 Å². The smallest absolute Gasteiger partial charge is 0.247 e. The summed E-state index contributed by atoms with van der Waals surface area (Å²) in [6.07, 6.45) is 5.22. The SMILES string of the molecule is COc1cc(Nc2nc3cncc(-c4ccn(C)n4)n3n2)ccc1N. The number of rotatable bonds is 4. The van der Waals surface area contributed by atoms with Crippen LogP contribution in [0.2, 0.25) is 0 Å². The fourth-order valence-corrected chi connectivity index (χ4v) is 2.51. The molecule has 0 amide bonds. The lowest BCUT2D eigenvalue weighted by atomic mass is 10.2. The zero-order valence-corrected chi connectivity index (χ0v) is 13.7. The van der Waals surface area contributed by atoms with Gasteiger partial charge in [-0.15, -0.1) is 5.10 Å². The average Bonchev–Trinajstić information content (AvgIpc) is 3.21. The molecular formula is C16H16N8O. The Bertz CT molecular complexity index is 1050. The predicted octanol–water partition coefficient (Wildman–Crippen LogP) is 1.86. The van der Waals surface area contributed by atoms with Gasteiger partial charge in [0, 0.05) is 25.0 Å². The van der Waals surface area contributed by atoms with Crippen LogP contribution in [0.15, 0.2) is 42.9 Å². The summed E-state index contributed by atoms with van der Waals surface area (Å²) in [5.41, 5.74) is 9.32. The molecule has 9 heteroatoms. The van der Waals surface area contributed by atoms with Gasteiger partial charge in [0.05, 0.1) is 25.2 Å². The molecule has 0 atom stereocenters. The number of aryl methyl sites for hydroxylation is 1. The second-order valence-electron chi connectivity index (χ2n) is 5.45.